The Kier molecular flexibility index (Phi) is 5.55. The van der Waals surface area contributed by atoms with E-state index >= 15 is 0 Å². The molecule has 6 nitrogen and oxygen atoms in total. The molecule has 6 heteroatoms. The molecule has 2 aliphatic rings. The second kappa shape index (κ2) is 8.45. The predicted molar refractivity (Wildman–Crippen MR) is 136 cm³/mol. The van der Waals surface area contributed by atoms with Crippen LogP contribution in [0.2, 0.25) is 0 Å². The summed E-state index contributed by atoms with van der Waals surface area (Å²) in [5.41, 5.74) is 4.61. The first-order valence-corrected chi connectivity index (χ1v) is 11.7. The molecule has 1 N–H and O–H groups in total. The average molecular weight is 472 g/mol. The van der Waals surface area contributed by atoms with Crippen molar-refractivity contribution in [2.75, 3.05) is 19.5 Å². The maximum Gasteiger partial charge on any atom is 0.308 e. The topological polar surface area (TPSA) is 73.9 Å². The third kappa shape index (κ3) is 3.93. The zero-order chi connectivity index (χ0) is 24.9. The van der Waals surface area contributed by atoms with Crippen LogP contribution in [0.3, 0.4) is 0 Å². The Hall–Kier alpha value is -3.80. The number of hydrogen-bond acceptors (Lipinski definition) is 6. The molecule has 3 aromatic carbocycles. The summed E-state index contributed by atoms with van der Waals surface area (Å²) in [6, 6.07) is 15.7. The van der Waals surface area contributed by atoms with E-state index in [1.165, 1.54) is 21.1 Å². The molecule has 0 spiro atoms. The standard InChI is InChI=1S/C29H29NO5/c1-16(31)35-28-23(33-4)12-18(13-24(28)34-5)27-26-20(14-29(2,3)15-22(26)32)25-19-9-7-6-8-17(19)10-11-21(25)30-27/h6-13,27,30H,14-15H2,1-5H3/t27-/m1/s1. The van der Waals surface area contributed by atoms with Crippen LogP contribution < -0.4 is 19.5 Å². The Balaban J connectivity index is 1.75. The van der Waals surface area contributed by atoms with Gasteiger partial charge in [0, 0.05) is 30.2 Å². The zero-order valence-electron chi connectivity index (χ0n) is 20.7. The smallest absolute Gasteiger partial charge is 0.308 e. The molecule has 3 aromatic rings. The van der Waals surface area contributed by atoms with Crippen molar-refractivity contribution in [3.8, 4) is 17.2 Å². The number of nitrogens with one attached hydrogen (secondary N) is 1. The van der Waals surface area contributed by atoms with Crippen molar-refractivity contribution >= 4 is 33.8 Å². The highest BCUT2D eigenvalue weighted by molar-refractivity contribution is 6.12. The van der Waals surface area contributed by atoms with Crippen molar-refractivity contribution in [2.45, 2.75) is 39.7 Å². The SMILES string of the molecule is COc1cc([C@H]2Nc3ccc4ccccc4c3C3=C2C(=O)CC(C)(C)C3)cc(OC)c1OC(C)=O. The molecule has 0 saturated heterocycles. The van der Waals surface area contributed by atoms with Crippen LogP contribution in [-0.4, -0.2) is 26.0 Å². The number of allylic oxidation sites excluding steroid dienone is 1. The van der Waals surface area contributed by atoms with Crippen molar-refractivity contribution < 1.29 is 23.8 Å². The summed E-state index contributed by atoms with van der Waals surface area (Å²) in [5, 5.41) is 5.90. The second-order valence-corrected chi connectivity index (χ2v) is 9.97. The van der Waals surface area contributed by atoms with E-state index in [0.29, 0.717) is 17.9 Å². The fraction of sp³-hybridized carbons (Fsp3) is 0.310. The number of hydrogen-bond donors (Lipinski definition) is 1. The molecule has 0 saturated carbocycles. The number of methoxy groups -OCH3 is 2. The van der Waals surface area contributed by atoms with E-state index < -0.39 is 12.0 Å². The van der Waals surface area contributed by atoms with Crippen molar-refractivity contribution in [1.29, 1.82) is 0 Å². The first-order valence-electron chi connectivity index (χ1n) is 11.7. The fourth-order valence-electron chi connectivity index (χ4n) is 5.40. The summed E-state index contributed by atoms with van der Waals surface area (Å²) < 4.78 is 16.5. The quantitative estimate of drug-likeness (QED) is 0.367. The van der Waals surface area contributed by atoms with Crippen molar-refractivity contribution in [3.05, 3.63) is 65.2 Å². The molecule has 1 atom stereocenters. The van der Waals surface area contributed by atoms with Gasteiger partial charge in [0.2, 0.25) is 5.75 Å². The number of esters is 1. The monoisotopic (exact) mass is 471 g/mol. The molecular formula is C29H29NO5. The lowest BCUT2D eigenvalue weighted by Crippen LogP contribution is -2.33. The number of rotatable bonds is 4. The van der Waals surface area contributed by atoms with Crippen LogP contribution in [-0.2, 0) is 9.59 Å². The molecule has 1 aliphatic heterocycles. The number of ketones is 1. The summed E-state index contributed by atoms with van der Waals surface area (Å²) in [4.78, 5) is 25.3. The molecule has 5 rings (SSSR count). The number of fused-ring (bicyclic) bond motifs is 4. The van der Waals surface area contributed by atoms with E-state index in [-0.39, 0.29) is 16.9 Å². The van der Waals surface area contributed by atoms with E-state index in [0.717, 1.165) is 45.2 Å². The lowest BCUT2D eigenvalue weighted by molar-refractivity contribution is -0.132. The van der Waals surface area contributed by atoms with Crippen molar-refractivity contribution in [1.82, 2.24) is 0 Å². The molecule has 1 aliphatic carbocycles. The van der Waals surface area contributed by atoms with Gasteiger partial charge in [0.05, 0.1) is 20.3 Å². The zero-order valence-corrected chi connectivity index (χ0v) is 20.7. The second-order valence-electron chi connectivity index (χ2n) is 9.97. The lowest BCUT2D eigenvalue weighted by Gasteiger charge is -2.40. The van der Waals surface area contributed by atoms with Crippen molar-refractivity contribution in [2.24, 2.45) is 5.41 Å². The number of anilines is 1. The van der Waals surface area contributed by atoms with Gasteiger partial charge in [-0.1, -0.05) is 44.2 Å². The minimum atomic E-state index is -0.472. The van der Waals surface area contributed by atoms with E-state index in [2.05, 4.69) is 43.4 Å². The summed E-state index contributed by atoms with van der Waals surface area (Å²) in [6.07, 6.45) is 1.27. The van der Waals surface area contributed by atoms with Gasteiger partial charge < -0.3 is 19.5 Å². The number of benzene rings is 3. The molecule has 0 amide bonds. The molecule has 0 unspecified atom stereocenters. The van der Waals surface area contributed by atoms with E-state index in [1.807, 2.05) is 24.3 Å². The lowest BCUT2D eigenvalue weighted by atomic mass is 9.68. The van der Waals surface area contributed by atoms with Crippen LogP contribution in [0.5, 0.6) is 17.2 Å². The first-order chi connectivity index (χ1) is 16.7. The number of ether oxygens (including phenoxy) is 3. The third-order valence-electron chi connectivity index (χ3n) is 6.80. The van der Waals surface area contributed by atoms with E-state index in [1.54, 1.807) is 0 Å². The summed E-state index contributed by atoms with van der Waals surface area (Å²) in [7, 11) is 3.03. The van der Waals surface area contributed by atoms with Gasteiger partial charge in [-0.3, -0.25) is 9.59 Å². The van der Waals surface area contributed by atoms with Gasteiger partial charge in [-0.2, -0.15) is 0 Å². The summed E-state index contributed by atoms with van der Waals surface area (Å²) in [6.45, 7) is 5.63. The molecule has 0 aromatic heterocycles. The third-order valence-corrected chi connectivity index (χ3v) is 6.80. The predicted octanol–water partition coefficient (Wildman–Crippen LogP) is 6.09. The van der Waals surface area contributed by atoms with Gasteiger partial charge >= 0.3 is 5.97 Å². The molecule has 180 valence electrons. The average Bonchev–Trinajstić information content (AvgIpc) is 2.82. The summed E-state index contributed by atoms with van der Waals surface area (Å²) in [5.74, 6) is 0.617. The van der Waals surface area contributed by atoms with Gasteiger partial charge in [-0.15, -0.1) is 0 Å². The molecule has 1 heterocycles. The van der Waals surface area contributed by atoms with E-state index in [9.17, 15) is 9.59 Å². The van der Waals surface area contributed by atoms with Crippen molar-refractivity contribution in [3.63, 3.8) is 0 Å². The maximum atomic E-state index is 13.7. The van der Waals surface area contributed by atoms with Crippen LogP contribution >= 0.6 is 0 Å². The minimum Gasteiger partial charge on any atom is -0.493 e. The Morgan fingerprint density at radius 2 is 1.69 bits per heavy atom. The maximum absolute atomic E-state index is 13.7. The van der Waals surface area contributed by atoms with Gasteiger partial charge in [0.25, 0.3) is 0 Å². The van der Waals surface area contributed by atoms with Gasteiger partial charge in [-0.25, -0.2) is 0 Å². The van der Waals surface area contributed by atoms with Crippen LogP contribution in [0, 0.1) is 5.41 Å². The Bertz CT molecular complexity index is 1380. The van der Waals surface area contributed by atoms with Crippen LogP contribution in [0.25, 0.3) is 16.3 Å². The molecule has 0 fully saturated rings. The first kappa shape index (κ1) is 23.0. The Morgan fingerprint density at radius 1 is 1.00 bits per heavy atom. The van der Waals surface area contributed by atoms with Crippen LogP contribution in [0.1, 0.15) is 50.8 Å². The Labute approximate surface area is 204 Å². The normalized spacial score (nSPS) is 18.4. The van der Waals surface area contributed by atoms with E-state index in [4.69, 9.17) is 14.2 Å². The minimum absolute atomic E-state index is 0.134. The molecule has 0 bridgehead atoms. The van der Waals surface area contributed by atoms with Gasteiger partial charge in [-0.05, 0) is 51.9 Å². The Morgan fingerprint density at radius 3 is 2.34 bits per heavy atom. The highest BCUT2D eigenvalue weighted by Gasteiger charge is 2.41. The van der Waals surface area contributed by atoms with Gasteiger partial charge in [0.1, 0.15) is 0 Å². The number of carbonyl (C=O) groups is 2. The number of Topliss-reactive ketones (excluding diaryl/α,β-unsaturated/α-hetero) is 1. The summed E-state index contributed by atoms with van der Waals surface area (Å²) >= 11 is 0. The highest BCUT2D eigenvalue weighted by atomic mass is 16.6. The molecule has 35 heavy (non-hydrogen) atoms. The highest BCUT2D eigenvalue weighted by Crippen LogP contribution is 2.53. The van der Waals surface area contributed by atoms with Crippen LogP contribution in [0.15, 0.2) is 54.1 Å². The largest absolute Gasteiger partial charge is 0.493 e. The molecular weight excluding hydrogens is 442 g/mol. The molecule has 0 radical (unpaired) electrons. The van der Waals surface area contributed by atoms with Crippen LogP contribution in [0.4, 0.5) is 5.69 Å². The number of carbonyl (C=O) groups excluding carboxylic acids is 2. The van der Waals surface area contributed by atoms with Gasteiger partial charge in [0.15, 0.2) is 17.3 Å². The fourth-order valence-corrected chi connectivity index (χ4v) is 5.40.